The van der Waals surface area contributed by atoms with Crippen LogP contribution >= 0.6 is 29.5 Å². The van der Waals surface area contributed by atoms with Crippen LogP contribution in [0.2, 0.25) is 0 Å². The van der Waals surface area contributed by atoms with Crippen molar-refractivity contribution < 1.29 is 38.1 Å². The Kier molecular flexibility index (Phi) is 12.4. The summed E-state index contributed by atoms with van der Waals surface area (Å²) >= 11 is 2.31. The van der Waals surface area contributed by atoms with E-state index < -0.39 is 12.9 Å². The van der Waals surface area contributed by atoms with Crippen molar-refractivity contribution in [2.24, 2.45) is 0 Å². The van der Waals surface area contributed by atoms with Gasteiger partial charge in [-0.25, -0.2) is 9.36 Å². The Morgan fingerprint density at radius 1 is 1.35 bits per heavy atom. The predicted octanol–water partition coefficient (Wildman–Crippen LogP) is 2.56. The molecule has 0 aliphatic heterocycles. The van der Waals surface area contributed by atoms with Gasteiger partial charge in [-0.2, -0.15) is 0 Å². The summed E-state index contributed by atoms with van der Waals surface area (Å²) in [5.74, 6) is 0.1000. The van der Waals surface area contributed by atoms with Crippen molar-refractivity contribution in [3.63, 3.8) is 0 Å². The number of carbonyl (C=O) groups is 1. The van der Waals surface area contributed by atoms with E-state index in [0.29, 0.717) is 23.5 Å². The molecule has 11 heteroatoms. The molecule has 0 aliphatic carbocycles. The van der Waals surface area contributed by atoms with Gasteiger partial charge < -0.3 is 19.7 Å². The summed E-state index contributed by atoms with van der Waals surface area (Å²) < 4.78 is 33.2. The minimum Gasteiger partial charge on any atom is -0.462 e. The largest absolute Gasteiger partial charge is 0.462 e. The lowest BCUT2D eigenvalue weighted by Gasteiger charge is -2.22. The monoisotopic (exact) mass is 428 g/mol. The molecule has 1 rings (SSSR count). The van der Waals surface area contributed by atoms with Crippen LogP contribution in [-0.2, 0) is 23.1 Å². The van der Waals surface area contributed by atoms with Crippen molar-refractivity contribution in [2.45, 2.75) is 18.9 Å². The molecule has 0 aromatic carbocycles. The minimum atomic E-state index is -3.53. The van der Waals surface area contributed by atoms with Crippen LogP contribution in [0.5, 0.6) is 0 Å². The highest BCUT2D eigenvalue weighted by atomic mass is 32.7. The third-order valence-corrected chi connectivity index (χ3v) is 7.68. The van der Waals surface area contributed by atoms with Gasteiger partial charge in [0.15, 0.2) is 0 Å². The normalized spacial score (nSPS) is 14.7. The van der Waals surface area contributed by atoms with E-state index in [0.717, 1.165) is 11.4 Å². The third-order valence-electron chi connectivity index (χ3n) is 2.92. The summed E-state index contributed by atoms with van der Waals surface area (Å²) in [6.07, 6.45) is 0.460. The molecule has 0 radical (unpaired) electrons. The molecule has 0 fully saturated rings. The standard InChI is InChI=1S/C15H25O8PS2/c1-20-12-13(11-17)23-24(19,22-8-6-16)26-10-3-2-7-21-15(18)14-5-4-9-25-14/h4-5,9,13,16-17H,2-3,6-8,10-12H2,1H3. The second-order valence-electron chi connectivity index (χ2n) is 5.02. The number of methoxy groups -OCH3 is 1. The second-order valence-corrected chi connectivity index (χ2v) is 10.1. The Balaban J connectivity index is 2.31. The van der Waals surface area contributed by atoms with Gasteiger partial charge in [0, 0.05) is 12.9 Å². The molecule has 0 amide bonds. The summed E-state index contributed by atoms with van der Waals surface area (Å²) in [5.41, 5.74) is 0. The lowest BCUT2D eigenvalue weighted by Crippen LogP contribution is -2.22. The molecule has 2 atom stereocenters. The number of hydrogen-bond donors (Lipinski definition) is 2. The van der Waals surface area contributed by atoms with Crippen molar-refractivity contribution in [1.82, 2.24) is 0 Å². The zero-order valence-corrected chi connectivity index (χ0v) is 17.1. The van der Waals surface area contributed by atoms with Crippen molar-refractivity contribution >= 4 is 35.5 Å². The van der Waals surface area contributed by atoms with Crippen LogP contribution in [0.25, 0.3) is 0 Å². The maximum Gasteiger partial charge on any atom is 0.389 e. The zero-order chi connectivity index (χ0) is 19.3. The highest BCUT2D eigenvalue weighted by Gasteiger charge is 2.29. The fraction of sp³-hybridized carbons (Fsp3) is 0.667. The lowest BCUT2D eigenvalue weighted by molar-refractivity contribution is 0.0318. The van der Waals surface area contributed by atoms with Crippen LogP contribution in [-0.4, -0.2) is 68.2 Å². The second kappa shape index (κ2) is 13.7. The van der Waals surface area contributed by atoms with E-state index in [1.807, 2.05) is 0 Å². The fourth-order valence-corrected chi connectivity index (χ4v) is 5.97. The predicted molar refractivity (Wildman–Crippen MR) is 101 cm³/mol. The SMILES string of the molecule is COCC(CO)OP(=O)(OCCO)SCCCCOC(=O)c1cccs1. The van der Waals surface area contributed by atoms with Crippen LogP contribution in [0, 0.1) is 0 Å². The quantitative estimate of drug-likeness (QED) is 0.247. The number of thiophene rings is 1. The molecule has 26 heavy (non-hydrogen) atoms. The number of carbonyl (C=O) groups excluding carboxylic acids is 1. The highest BCUT2D eigenvalue weighted by Crippen LogP contribution is 2.61. The Morgan fingerprint density at radius 3 is 2.77 bits per heavy atom. The Labute approximate surface area is 161 Å². The van der Waals surface area contributed by atoms with Gasteiger partial charge in [0.05, 0.1) is 33.0 Å². The van der Waals surface area contributed by atoms with E-state index in [9.17, 15) is 14.5 Å². The smallest absolute Gasteiger partial charge is 0.389 e. The molecular weight excluding hydrogens is 403 g/mol. The molecule has 1 aromatic rings. The van der Waals surface area contributed by atoms with Crippen molar-refractivity contribution in [3.05, 3.63) is 22.4 Å². The molecule has 0 saturated carbocycles. The van der Waals surface area contributed by atoms with Crippen LogP contribution < -0.4 is 0 Å². The van der Waals surface area contributed by atoms with Crippen LogP contribution in [0.4, 0.5) is 0 Å². The number of hydrogen-bond acceptors (Lipinski definition) is 10. The first kappa shape index (κ1) is 23.6. The summed E-state index contributed by atoms with van der Waals surface area (Å²) in [4.78, 5) is 12.2. The number of aliphatic hydroxyl groups excluding tert-OH is 2. The van der Waals surface area contributed by atoms with Gasteiger partial charge in [0.25, 0.3) is 0 Å². The first-order chi connectivity index (χ1) is 12.5. The van der Waals surface area contributed by atoms with E-state index >= 15 is 0 Å². The third kappa shape index (κ3) is 9.48. The Hall–Kier alpha value is -0.450. The average molecular weight is 428 g/mol. The Morgan fingerprint density at radius 2 is 2.15 bits per heavy atom. The Bertz CT molecular complexity index is 540. The lowest BCUT2D eigenvalue weighted by atomic mass is 10.3. The topological polar surface area (TPSA) is 112 Å². The zero-order valence-electron chi connectivity index (χ0n) is 14.6. The van der Waals surface area contributed by atoms with Crippen LogP contribution in [0.1, 0.15) is 22.5 Å². The van der Waals surface area contributed by atoms with E-state index in [4.69, 9.17) is 23.6 Å². The highest BCUT2D eigenvalue weighted by molar-refractivity contribution is 8.55. The first-order valence-electron chi connectivity index (χ1n) is 8.03. The maximum atomic E-state index is 12.7. The van der Waals surface area contributed by atoms with Gasteiger partial charge in [-0.3, -0.25) is 9.05 Å². The van der Waals surface area contributed by atoms with Crippen LogP contribution in [0.15, 0.2) is 17.5 Å². The van der Waals surface area contributed by atoms with Gasteiger partial charge in [0.1, 0.15) is 11.0 Å². The van der Waals surface area contributed by atoms with Gasteiger partial charge in [-0.05, 0) is 35.7 Å². The molecule has 0 spiro atoms. The minimum absolute atomic E-state index is 0.0716. The number of rotatable bonds is 15. The molecule has 1 heterocycles. The van der Waals surface area contributed by atoms with E-state index in [1.165, 1.54) is 18.4 Å². The molecule has 0 aliphatic rings. The number of unbranched alkanes of at least 4 members (excludes halogenated alkanes) is 1. The summed E-state index contributed by atoms with van der Waals surface area (Å²) in [6.45, 7) is -3.98. The number of ether oxygens (including phenoxy) is 2. The summed E-state index contributed by atoms with van der Waals surface area (Å²) in [7, 11) is 1.44. The van der Waals surface area contributed by atoms with E-state index in [-0.39, 0.29) is 39.0 Å². The molecule has 0 saturated heterocycles. The first-order valence-corrected chi connectivity index (χ1v) is 12.0. The van der Waals surface area contributed by atoms with Gasteiger partial charge in [-0.15, -0.1) is 11.3 Å². The number of esters is 1. The van der Waals surface area contributed by atoms with E-state index in [1.54, 1.807) is 17.5 Å². The molecule has 8 nitrogen and oxygen atoms in total. The molecule has 150 valence electrons. The number of aliphatic hydroxyl groups is 2. The maximum absolute atomic E-state index is 12.7. The molecule has 2 unspecified atom stereocenters. The van der Waals surface area contributed by atoms with Crippen LogP contribution in [0.3, 0.4) is 0 Å². The van der Waals surface area contributed by atoms with E-state index in [2.05, 4.69) is 0 Å². The average Bonchev–Trinajstić information content (AvgIpc) is 3.17. The molecule has 1 aromatic heterocycles. The molecular formula is C15H25O8PS2. The van der Waals surface area contributed by atoms with Crippen molar-refractivity contribution in [3.8, 4) is 0 Å². The fourth-order valence-electron chi connectivity index (χ4n) is 1.75. The molecule has 0 bridgehead atoms. The summed E-state index contributed by atoms with van der Waals surface area (Å²) in [6, 6.07) is 3.48. The van der Waals surface area contributed by atoms with Gasteiger partial charge in [0.2, 0.25) is 0 Å². The molecule has 2 N–H and O–H groups in total. The van der Waals surface area contributed by atoms with Crippen molar-refractivity contribution in [1.29, 1.82) is 0 Å². The van der Waals surface area contributed by atoms with Crippen molar-refractivity contribution in [2.75, 3.05) is 45.9 Å². The summed E-state index contributed by atoms with van der Waals surface area (Å²) in [5, 5.41) is 19.9. The van der Waals surface area contributed by atoms with Gasteiger partial charge in [-0.1, -0.05) is 6.07 Å². The van der Waals surface area contributed by atoms with Gasteiger partial charge >= 0.3 is 12.8 Å².